The van der Waals surface area contributed by atoms with Gasteiger partial charge in [0.1, 0.15) is 0 Å². The summed E-state index contributed by atoms with van der Waals surface area (Å²) in [7, 11) is 1.83. The summed E-state index contributed by atoms with van der Waals surface area (Å²) in [6.45, 7) is 0.677. The lowest BCUT2D eigenvalue weighted by atomic mass is 10.2. The molecule has 2 aromatic rings. The van der Waals surface area contributed by atoms with Crippen LogP contribution >= 0.6 is 23.4 Å². The van der Waals surface area contributed by atoms with E-state index < -0.39 is 0 Å². The van der Waals surface area contributed by atoms with Crippen molar-refractivity contribution in [3.05, 3.63) is 41.2 Å². The molecular formula is C15H13ClN4OS. The number of carbonyl (C=O) groups excluding carboxylic acids is 1. The molecule has 0 unspecified atom stereocenters. The molecule has 3 rings (SSSR count). The average molecular weight is 333 g/mol. The number of hydrogen-bond donors (Lipinski definition) is 0. The van der Waals surface area contributed by atoms with Gasteiger partial charge in [-0.2, -0.15) is 10.4 Å². The molecule has 1 aromatic carbocycles. The summed E-state index contributed by atoms with van der Waals surface area (Å²) >= 11 is 7.63. The SMILES string of the molecule is Cn1cc(N2CC[C@H](Sc3ccc(C#N)cc3Cl)C2=O)cn1. The van der Waals surface area contributed by atoms with Gasteiger partial charge in [-0.1, -0.05) is 11.6 Å². The van der Waals surface area contributed by atoms with Gasteiger partial charge in [-0.3, -0.25) is 9.48 Å². The molecule has 112 valence electrons. The Morgan fingerprint density at radius 3 is 2.95 bits per heavy atom. The van der Waals surface area contributed by atoms with Crippen LogP contribution in [0.4, 0.5) is 5.69 Å². The summed E-state index contributed by atoms with van der Waals surface area (Å²) in [4.78, 5) is 15.1. The van der Waals surface area contributed by atoms with E-state index in [0.29, 0.717) is 17.1 Å². The molecular weight excluding hydrogens is 320 g/mol. The molecule has 0 N–H and O–H groups in total. The number of halogens is 1. The summed E-state index contributed by atoms with van der Waals surface area (Å²) in [5.41, 5.74) is 1.34. The Labute approximate surface area is 137 Å². The van der Waals surface area contributed by atoms with Gasteiger partial charge >= 0.3 is 0 Å². The molecule has 1 fully saturated rings. The molecule has 1 aliphatic heterocycles. The fourth-order valence-electron chi connectivity index (χ4n) is 2.39. The van der Waals surface area contributed by atoms with Crippen LogP contribution in [0.25, 0.3) is 0 Å². The minimum atomic E-state index is -0.161. The first kappa shape index (κ1) is 14.9. The van der Waals surface area contributed by atoms with E-state index in [1.807, 2.05) is 13.2 Å². The summed E-state index contributed by atoms with van der Waals surface area (Å²) in [5.74, 6) is 0.0680. The fraction of sp³-hybridized carbons (Fsp3) is 0.267. The molecule has 1 atom stereocenters. The number of carbonyl (C=O) groups is 1. The predicted molar refractivity (Wildman–Crippen MR) is 86.0 cm³/mol. The van der Waals surface area contributed by atoms with Crippen molar-refractivity contribution in [3.63, 3.8) is 0 Å². The number of rotatable bonds is 3. The molecule has 0 spiro atoms. The normalized spacial score (nSPS) is 17.8. The number of nitriles is 1. The van der Waals surface area contributed by atoms with Crippen LogP contribution in [-0.2, 0) is 11.8 Å². The van der Waals surface area contributed by atoms with Gasteiger partial charge < -0.3 is 4.90 Å². The average Bonchev–Trinajstić information content (AvgIpc) is 3.08. The molecule has 22 heavy (non-hydrogen) atoms. The Morgan fingerprint density at radius 2 is 2.32 bits per heavy atom. The predicted octanol–water partition coefficient (Wildman–Crippen LogP) is 2.84. The van der Waals surface area contributed by atoms with Gasteiger partial charge in [0.25, 0.3) is 0 Å². The lowest BCUT2D eigenvalue weighted by Crippen LogP contribution is -2.27. The van der Waals surface area contributed by atoms with Gasteiger partial charge in [-0.05, 0) is 24.6 Å². The van der Waals surface area contributed by atoms with Crippen molar-refractivity contribution in [3.8, 4) is 6.07 Å². The molecule has 7 heteroatoms. The van der Waals surface area contributed by atoms with Crippen LogP contribution < -0.4 is 4.90 Å². The number of benzene rings is 1. The molecule has 0 bridgehead atoms. The number of hydrogen-bond acceptors (Lipinski definition) is 4. The van der Waals surface area contributed by atoms with Crippen molar-refractivity contribution in [1.29, 1.82) is 5.26 Å². The third-order valence-corrected chi connectivity index (χ3v) is 5.25. The van der Waals surface area contributed by atoms with E-state index in [2.05, 4.69) is 11.2 Å². The van der Waals surface area contributed by atoms with E-state index in [1.54, 1.807) is 34.0 Å². The van der Waals surface area contributed by atoms with Crippen LogP contribution in [0.2, 0.25) is 5.02 Å². The van der Waals surface area contributed by atoms with Gasteiger partial charge in [-0.15, -0.1) is 11.8 Å². The van der Waals surface area contributed by atoms with Crippen molar-refractivity contribution >= 4 is 35.0 Å². The lowest BCUT2D eigenvalue weighted by Gasteiger charge is -2.14. The smallest absolute Gasteiger partial charge is 0.240 e. The minimum Gasteiger partial charge on any atom is -0.308 e. The Kier molecular flexibility index (Phi) is 4.10. The molecule has 5 nitrogen and oxygen atoms in total. The largest absolute Gasteiger partial charge is 0.308 e. The zero-order chi connectivity index (χ0) is 15.7. The molecule has 1 aromatic heterocycles. The quantitative estimate of drug-likeness (QED) is 0.867. The summed E-state index contributed by atoms with van der Waals surface area (Å²) in [6, 6.07) is 7.19. The van der Waals surface area contributed by atoms with Crippen LogP contribution in [-0.4, -0.2) is 27.5 Å². The second-order valence-corrected chi connectivity index (χ2v) is 6.67. The van der Waals surface area contributed by atoms with Crippen LogP contribution in [0.5, 0.6) is 0 Å². The summed E-state index contributed by atoms with van der Waals surface area (Å²) < 4.78 is 1.68. The number of nitrogens with zero attached hydrogens (tertiary/aromatic N) is 4. The molecule has 1 amide bonds. The van der Waals surface area contributed by atoms with Gasteiger partial charge in [0, 0.05) is 24.7 Å². The maximum atomic E-state index is 12.5. The molecule has 1 saturated heterocycles. The van der Waals surface area contributed by atoms with Crippen molar-refractivity contribution in [2.45, 2.75) is 16.6 Å². The van der Waals surface area contributed by atoms with Gasteiger partial charge in [0.05, 0.1) is 33.8 Å². The van der Waals surface area contributed by atoms with Crippen LogP contribution in [0.3, 0.4) is 0 Å². The monoisotopic (exact) mass is 332 g/mol. The van der Waals surface area contributed by atoms with E-state index >= 15 is 0 Å². The van der Waals surface area contributed by atoms with Crippen molar-refractivity contribution < 1.29 is 4.79 Å². The summed E-state index contributed by atoms with van der Waals surface area (Å²) in [6.07, 6.45) is 4.29. The van der Waals surface area contributed by atoms with E-state index in [9.17, 15) is 4.79 Å². The molecule has 0 saturated carbocycles. The third kappa shape index (κ3) is 2.82. The van der Waals surface area contributed by atoms with Crippen molar-refractivity contribution in [1.82, 2.24) is 9.78 Å². The number of amides is 1. The summed E-state index contributed by atoms with van der Waals surface area (Å²) in [5, 5.41) is 13.3. The highest BCUT2D eigenvalue weighted by Crippen LogP contribution is 2.36. The molecule has 2 heterocycles. The van der Waals surface area contributed by atoms with E-state index in [-0.39, 0.29) is 11.2 Å². The number of anilines is 1. The van der Waals surface area contributed by atoms with E-state index in [4.69, 9.17) is 16.9 Å². The van der Waals surface area contributed by atoms with Crippen LogP contribution in [0, 0.1) is 11.3 Å². The highest BCUT2D eigenvalue weighted by molar-refractivity contribution is 8.00. The first-order valence-electron chi connectivity index (χ1n) is 6.75. The van der Waals surface area contributed by atoms with Gasteiger partial charge in [0.2, 0.25) is 5.91 Å². The van der Waals surface area contributed by atoms with Crippen LogP contribution in [0.15, 0.2) is 35.5 Å². The second-order valence-electron chi connectivity index (χ2n) is 5.01. The number of aromatic nitrogens is 2. The molecule has 1 aliphatic rings. The van der Waals surface area contributed by atoms with Crippen LogP contribution in [0.1, 0.15) is 12.0 Å². The molecule has 0 radical (unpaired) electrons. The zero-order valence-corrected chi connectivity index (χ0v) is 13.4. The standard InChI is InChI=1S/C15H13ClN4OS/c1-19-9-11(8-18-19)20-5-4-14(15(20)21)22-13-3-2-10(7-17)6-12(13)16/h2-3,6,8-9,14H,4-5H2,1H3/t14-/m0/s1. The van der Waals surface area contributed by atoms with Crippen molar-refractivity contribution in [2.24, 2.45) is 7.05 Å². The Bertz CT molecular complexity index is 767. The maximum absolute atomic E-state index is 12.5. The second kappa shape index (κ2) is 6.03. The topological polar surface area (TPSA) is 61.9 Å². The zero-order valence-electron chi connectivity index (χ0n) is 11.9. The first-order chi connectivity index (χ1) is 10.6. The number of thioether (sulfide) groups is 1. The highest BCUT2D eigenvalue weighted by Gasteiger charge is 2.34. The van der Waals surface area contributed by atoms with E-state index in [1.165, 1.54) is 11.8 Å². The molecule has 0 aliphatic carbocycles. The van der Waals surface area contributed by atoms with Gasteiger partial charge in [0.15, 0.2) is 0 Å². The van der Waals surface area contributed by atoms with Gasteiger partial charge in [-0.25, -0.2) is 0 Å². The minimum absolute atomic E-state index is 0.0680. The lowest BCUT2D eigenvalue weighted by molar-refractivity contribution is -0.116. The highest BCUT2D eigenvalue weighted by atomic mass is 35.5. The Morgan fingerprint density at radius 1 is 1.50 bits per heavy atom. The van der Waals surface area contributed by atoms with Crippen molar-refractivity contribution in [2.75, 3.05) is 11.4 Å². The van der Waals surface area contributed by atoms with E-state index in [0.717, 1.165) is 17.0 Å². The first-order valence-corrected chi connectivity index (χ1v) is 8.00. The Hall–Kier alpha value is -1.97. The number of aryl methyl sites for hydroxylation is 1. The Balaban J connectivity index is 1.75. The maximum Gasteiger partial charge on any atom is 0.240 e. The third-order valence-electron chi connectivity index (χ3n) is 3.49. The fourth-order valence-corrected chi connectivity index (χ4v) is 3.78.